The van der Waals surface area contributed by atoms with Crippen LogP contribution in [0.2, 0.25) is 0 Å². The van der Waals surface area contributed by atoms with Crippen molar-refractivity contribution in [2.24, 2.45) is 11.7 Å². The number of nitrogens with two attached hydrogens (primary N) is 1. The fourth-order valence-electron chi connectivity index (χ4n) is 2.31. The highest BCUT2D eigenvalue weighted by Gasteiger charge is 2.21. The topological polar surface area (TPSA) is 38.9 Å². The summed E-state index contributed by atoms with van der Waals surface area (Å²) >= 11 is 1.51. The van der Waals surface area contributed by atoms with Crippen LogP contribution >= 0.6 is 11.5 Å². The van der Waals surface area contributed by atoms with Crippen LogP contribution in [0.3, 0.4) is 0 Å². The maximum Gasteiger partial charge on any atom is 0.0712 e. The molecule has 78 valence electrons. The van der Waals surface area contributed by atoms with E-state index in [0.29, 0.717) is 5.92 Å². The number of hydrogen-bond donors (Lipinski definition) is 1. The van der Waals surface area contributed by atoms with Gasteiger partial charge in [-0.15, -0.1) is 0 Å². The van der Waals surface area contributed by atoms with Crippen LogP contribution in [0.5, 0.6) is 0 Å². The monoisotopic (exact) mass is 210 g/mol. The summed E-state index contributed by atoms with van der Waals surface area (Å²) in [5.41, 5.74) is 7.33. The van der Waals surface area contributed by atoms with Crippen LogP contribution in [-0.2, 0) is 0 Å². The Hall–Kier alpha value is -0.410. The van der Waals surface area contributed by atoms with Crippen LogP contribution in [-0.4, -0.2) is 4.37 Å². The van der Waals surface area contributed by atoms with Crippen molar-refractivity contribution in [3.05, 3.63) is 17.1 Å². The molecule has 0 radical (unpaired) electrons. The molecule has 0 aromatic carbocycles. The second kappa shape index (κ2) is 4.89. The van der Waals surface area contributed by atoms with E-state index in [-0.39, 0.29) is 6.04 Å². The average Bonchev–Trinajstić information content (AvgIpc) is 2.59. The third-order valence-corrected chi connectivity index (χ3v) is 3.78. The molecule has 0 aliphatic heterocycles. The summed E-state index contributed by atoms with van der Waals surface area (Å²) in [4.78, 5) is 0. The maximum absolute atomic E-state index is 6.23. The molecule has 1 saturated carbocycles. The van der Waals surface area contributed by atoms with Crippen molar-refractivity contribution in [1.29, 1.82) is 0 Å². The zero-order chi connectivity index (χ0) is 9.80. The first-order valence-electron chi connectivity index (χ1n) is 5.54. The third-order valence-electron chi connectivity index (χ3n) is 3.21. The van der Waals surface area contributed by atoms with Gasteiger partial charge in [-0.05, 0) is 36.4 Å². The zero-order valence-corrected chi connectivity index (χ0v) is 9.30. The zero-order valence-electron chi connectivity index (χ0n) is 8.48. The second-order valence-corrected chi connectivity index (χ2v) is 4.87. The minimum absolute atomic E-state index is 0.180. The summed E-state index contributed by atoms with van der Waals surface area (Å²) in [5, 5.41) is 2.02. The molecule has 2 rings (SSSR count). The molecule has 1 atom stereocenters. The molecule has 1 heterocycles. The van der Waals surface area contributed by atoms with Crippen molar-refractivity contribution >= 4 is 11.5 Å². The van der Waals surface area contributed by atoms with Gasteiger partial charge in [0.2, 0.25) is 0 Å². The number of aromatic nitrogens is 1. The summed E-state index contributed by atoms with van der Waals surface area (Å²) in [5.74, 6) is 0.666. The van der Waals surface area contributed by atoms with Gasteiger partial charge in [0.15, 0.2) is 0 Å². The van der Waals surface area contributed by atoms with E-state index in [1.54, 1.807) is 0 Å². The number of rotatable bonds is 2. The summed E-state index contributed by atoms with van der Waals surface area (Å²) in [6, 6.07) is 2.25. The molecule has 1 aromatic rings. The summed E-state index contributed by atoms with van der Waals surface area (Å²) in [7, 11) is 0. The van der Waals surface area contributed by atoms with E-state index in [1.807, 2.05) is 5.38 Å². The van der Waals surface area contributed by atoms with Crippen molar-refractivity contribution < 1.29 is 0 Å². The summed E-state index contributed by atoms with van der Waals surface area (Å²) in [6.45, 7) is 0. The van der Waals surface area contributed by atoms with Crippen LogP contribution in [0, 0.1) is 5.92 Å². The molecule has 1 unspecified atom stereocenters. The Morgan fingerprint density at radius 1 is 1.29 bits per heavy atom. The molecule has 1 aliphatic rings. The van der Waals surface area contributed by atoms with Gasteiger partial charge in [-0.3, -0.25) is 0 Å². The van der Waals surface area contributed by atoms with Gasteiger partial charge in [-0.25, -0.2) is 0 Å². The molecule has 0 bridgehead atoms. The Balaban J connectivity index is 1.99. The first kappa shape index (κ1) is 10.1. The Morgan fingerprint density at radius 3 is 2.57 bits per heavy atom. The van der Waals surface area contributed by atoms with E-state index in [1.165, 1.54) is 50.1 Å². The first-order valence-corrected chi connectivity index (χ1v) is 6.37. The SMILES string of the molecule is NC(c1ccsn1)C1CCCCCC1. The predicted molar refractivity (Wildman–Crippen MR) is 60.2 cm³/mol. The molecule has 0 amide bonds. The standard InChI is InChI=1S/C11H18N2S/c12-11(10-7-8-14-13-10)9-5-3-1-2-4-6-9/h7-9,11H,1-6,12H2. The fraction of sp³-hybridized carbons (Fsp3) is 0.727. The average molecular weight is 210 g/mol. The normalized spacial score (nSPS) is 21.8. The van der Waals surface area contributed by atoms with Crippen molar-refractivity contribution in [2.45, 2.75) is 44.6 Å². The molecule has 2 N–H and O–H groups in total. The molecule has 1 aliphatic carbocycles. The molecular weight excluding hydrogens is 192 g/mol. The lowest BCUT2D eigenvalue weighted by atomic mass is 9.90. The highest BCUT2D eigenvalue weighted by molar-refractivity contribution is 7.03. The van der Waals surface area contributed by atoms with Gasteiger partial charge in [0, 0.05) is 5.38 Å². The lowest BCUT2D eigenvalue weighted by Crippen LogP contribution is -2.21. The molecule has 0 saturated heterocycles. The van der Waals surface area contributed by atoms with Gasteiger partial charge < -0.3 is 5.73 Å². The highest BCUT2D eigenvalue weighted by Crippen LogP contribution is 2.31. The molecule has 1 fully saturated rings. The predicted octanol–water partition coefficient (Wildman–Crippen LogP) is 3.11. The van der Waals surface area contributed by atoms with Crippen molar-refractivity contribution in [1.82, 2.24) is 4.37 Å². The van der Waals surface area contributed by atoms with Gasteiger partial charge >= 0.3 is 0 Å². The maximum atomic E-state index is 6.23. The lowest BCUT2D eigenvalue weighted by Gasteiger charge is -2.20. The van der Waals surface area contributed by atoms with E-state index in [2.05, 4.69) is 10.4 Å². The van der Waals surface area contributed by atoms with Crippen LogP contribution in [0.1, 0.15) is 50.3 Å². The van der Waals surface area contributed by atoms with Crippen LogP contribution < -0.4 is 5.73 Å². The van der Waals surface area contributed by atoms with E-state index in [4.69, 9.17) is 5.73 Å². The van der Waals surface area contributed by atoms with E-state index in [9.17, 15) is 0 Å². The van der Waals surface area contributed by atoms with Crippen molar-refractivity contribution in [3.8, 4) is 0 Å². The third kappa shape index (κ3) is 2.34. The van der Waals surface area contributed by atoms with Crippen LogP contribution in [0.4, 0.5) is 0 Å². The van der Waals surface area contributed by atoms with Gasteiger partial charge in [0.25, 0.3) is 0 Å². The Labute approximate surface area is 89.7 Å². The van der Waals surface area contributed by atoms with Crippen molar-refractivity contribution in [2.75, 3.05) is 0 Å². The summed E-state index contributed by atoms with van der Waals surface area (Å²) in [6.07, 6.45) is 8.06. The van der Waals surface area contributed by atoms with Gasteiger partial charge in [-0.1, -0.05) is 25.7 Å². The molecule has 14 heavy (non-hydrogen) atoms. The van der Waals surface area contributed by atoms with Crippen LogP contribution in [0.15, 0.2) is 11.4 Å². The minimum Gasteiger partial charge on any atom is -0.322 e. The molecule has 0 spiro atoms. The first-order chi connectivity index (χ1) is 6.88. The van der Waals surface area contributed by atoms with E-state index < -0.39 is 0 Å². The van der Waals surface area contributed by atoms with Crippen LogP contribution in [0.25, 0.3) is 0 Å². The largest absolute Gasteiger partial charge is 0.322 e. The van der Waals surface area contributed by atoms with E-state index in [0.717, 1.165) is 5.69 Å². The highest BCUT2D eigenvalue weighted by atomic mass is 32.1. The van der Waals surface area contributed by atoms with Gasteiger partial charge in [0.05, 0.1) is 11.7 Å². The van der Waals surface area contributed by atoms with Gasteiger partial charge in [0.1, 0.15) is 0 Å². The quantitative estimate of drug-likeness (QED) is 0.762. The van der Waals surface area contributed by atoms with Crippen molar-refractivity contribution in [3.63, 3.8) is 0 Å². The summed E-state index contributed by atoms with van der Waals surface area (Å²) < 4.78 is 4.34. The molecule has 3 heteroatoms. The Kier molecular flexibility index (Phi) is 3.54. The fourth-order valence-corrected chi connectivity index (χ4v) is 2.87. The van der Waals surface area contributed by atoms with Gasteiger partial charge in [-0.2, -0.15) is 4.37 Å². The molecule has 1 aromatic heterocycles. The van der Waals surface area contributed by atoms with E-state index >= 15 is 0 Å². The number of hydrogen-bond acceptors (Lipinski definition) is 3. The lowest BCUT2D eigenvalue weighted by molar-refractivity contribution is 0.378. The smallest absolute Gasteiger partial charge is 0.0712 e. The number of nitrogens with zero attached hydrogens (tertiary/aromatic N) is 1. The molecular formula is C11H18N2S. The minimum atomic E-state index is 0.180. The second-order valence-electron chi connectivity index (χ2n) is 4.20. The molecule has 2 nitrogen and oxygen atoms in total. The Bertz CT molecular complexity index is 250. The Morgan fingerprint density at radius 2 is 2.00 bits per heavy atom.